The van der Waals surface area contributed by atoms with E-state index in [0.717, 1.165) is 24.6 Å². The van der Waals surface area contributed by atoms with Crippen LogP contribution < -0.4 is 10.2 Å². The first-order valence-corrected chi connectivity index (χ1v) is 16.6. The third-order valence-electron chi connectivity index (χ3n) is 4.93. The van der Waals surface area contributed by atoms with Crippen LogP contribution in [0.5, 0.6) is 0 Å². The number of rotatable bonds is 15. The molecule has 0 heterocycles. The second-order valence-corrected chi connectivity index (χ2v) is 14.7. The van der Waals surface area contributed by atoms with Gasteiger partial charge in [-0.05, 0) is 66.2 Å². The van der Waals surface area contributed by atoms with E-state index in [1.54, 1.807) is 41.5 Å². The van der Waals surface area contributed by atoms with Gasteiger partial charge in [-0.15, -0.1) is 0 Å². The molecule has 0 saturated heterocycles. The Bertz CT molecular complexity index is 1280. The molecule has 0 aliphatic carbocycles. The van der Waals surface area contributed by atoms with Gasteiger partial charge in [0.1, 0.15) is 23.1 Å². The third kappa shape index (κ3) is 16.0. The molecule has 1 amide bonds. The predicted octanol–water partition coefficient (Wildman–Crippen LogP) is 2.15. The van der Waals surface area contributed by atoms with Gasteiger partial charge in [0, 0.05) is 25.2 Å². The fourth-order valence-electron chi connectivity index (χ4n) is 3.37. The van der Waals surface area contributed by atoms with E-state index in [-0.39, 0.29) is 44.8 Å². The third-order valence-corrected chi connectivity index (χ3v) is 6.12. The summed E-state index contributed by atoms with van der Waals surface area (Å²) >= 11 is 0. The number of anilines is 1. The van der Waals surface area contributed by atoms with Crippen molar-refractivity contribution in [1.82, 2.24) is 5.32 Å². The summed E-state index contributed by atoms with van der Waals surface area (Å²) in [5, 5.41) is 2.42. The Kier molecular flexibility index (Phi) is 13.3. The maximum Gasteiger partial charge on any atom is 0.329 e. The average molecular weight is 641 g/mol. The van der Waals surface area contributed by atoms with Crippen LogP contribution in [0.2, 0.25) is 0 Å². The lowest BCUT2D eigenvalue weighted by Crippen LogP contribution is -2.44. The lowest BCUT2D eigenvalue weighted by atomic mass is 10.1. The maximum atomic E-state index is 15.2. The summed E-state index contributed by atoms with van der Waals surface area (Å²) in [5.41, 5.74) is -1.91. The minimum atomic E-state index is -3.77. The van der Waals surface area contributed by atoms with E-state index in [1.807, 2.05) is 0 Å². The van der Waals surface area contributed by atoms with E-state index in [2.05, 4.69) is 5.32 Å². The van der Waals surface area contributed by atoms with Crippen molar-refractivity contribution in [3.05, 3.63) is 29.6 Å². The molecule has 0 aliphatic rings. The van der Waals surface area contributed by atoms with E-state index in [0.29, 0.717) is 0 Å². The Hall–Kier alpha value is -2.82. The van der Waals surface area contributed by atoms with E-state index in [1.165, 1.54) is 11.0 Å². The fraction of sp³-hybridized carbons (Fsp3) is 0.654. The summed E-state index contributed by atoms with van der Waals surface area (Å²) in [5.74, 6) is -3.36. The van der Waals surface area contributed by atoms with Gasteiger partial charge < -0.3 is 19.7 Å². The van der Waals surface area contributed by atoms with Crippen molar-refractivity contribution in [3.8, 4) is 0 Å². The van der Waals surface area contributed by atoms with Crippen molar-refractivity contribution in [3.63, 3.8) is 0 Å². The average Bonchev–Trinajstić information content (AvgIpc) is 2.76. The Labute approximate surface area is 247 Å². The molecule has 13 nitrogen and oxygen atoms in total. The number of hydrogen-bond acceptors (Lipinski definition) is 12. The molecule has 16 heteroatoms. The normalized spacial score (nSPS) is 13.3. The summed E-state index contributed by atoms with van der Waals surface area (Å²) < 4.78 is 80.5. The van der Waals surface area contributed by atoms with Crippen molar-refractivity contribution < 1.29 is 53.4 Å². The summed E-state index contributed by atoms with van der Waals surface area (Å²) in [6.07, 6.45) is 1.33. The fourth-order valence-corrected chi connectivity index (χ4v) is 4.12. The van der Waals surface area contributed by atoms with Gasteiger partial charge >= 0.3 is 11.9 Å². The van der Waals surface area contributed by atoms with E-state index in [9.17, 15) is 31.2 Å². The van der Waals surface area contributed by atoms with Crippen LogP contribution >= 0.6 is 0 Å². The molecule has 42 heavy (non-hydrogen) atoms. The number of carbonyl (C=O) groups excluding carboxylic acids is 3. The number of ether oxygens (including phenoxy) is 2. The first-order chi connectivity index (χ1) is 19.0. The van der Waals surface area contributed by atoms with Gasteiger partial charge in [0.15, 0.2) is 0 Å². The summed E-state index contributed by atoms with van der Waals surface area (Å²) in [7, 11) is -7.54. The maximum absolute atomic E-state index is 15.2. The highest BCUT2D eigenvalue weighted by Gasteiger charge is 2.29. The SMILES string of the molecule is CC(C)(C)OC(=O)CCC(NC(=O)c1ccc(N(CCOS(C)(=O)=O)CCOS(C)(=O)=O)cc1F)C(=O)OC(C)(C)C. The van der Waals surface area contributed by atoms with Crippen molar-refractivity contribution >= 4 is 43.8 Å². The van der Waals surface area contributed by atoms with E-state index >= 15 is 4.39 Å². The number of esters is 2. The van der Waals surface area contributed by atoms with Crippen LogP contribution in [0.25, 0.3) is 0 Å². The van der Waals surface area contributed by atoms with Crippen LogP contribution in [0.4, 0.5) is 10.1 Å². The zero-order valence-corrected chi connectivity index (χ0v) is 26.8. The van der Waals surface area contributed by atoms with Crippen molar-refractivity contribution in [2.45, 2.75) is 71.6 Å². The number of hydrogen-bond donors (Lipinski definition) is 1. The molecule has 0 aromatic heterocycles. The minimum absolute atomic E-state index is 0.0867. The van der Waals surface area contributed by atoms with Gasteiger partial charge in [-0.3, -0.25) is 18.0 Å². The number of benzene rings is 1. The zero-order chi connectivity index (χ0) is 32.5. The monoisotopic (exact) mass is 640 g/mol. The number of carbonyl (C=O) groups is 3. The van der Waals surface area contributed by atoms with Crippen LogP contribution in [0, 0.1) is 5.82 Å². The molecule has 0 saturated carbocycles. The second-order valence-electron chi connectivity index (χ2n) is 11.4. The molecule has 0 radical (unpaired) electrons. The van der Waals surface area contributed by atoms with Gasteiger partial charge in [-0.2, -0.15) is 16.8 Å². The smallest absolute Gasteiger partial charge is 0.329 e. The van der Waals surface area contributed by atoms with Crippen LogP contribution in [-0.2, 0) is 47.7 Å². The van der Waals surface area contributed by atoms with Crippen LogP contribution in [0.3, 0.4) is 0 Å². The van der Waals surface area contributed by atoms with E-state index in [4.69, 9.17) is 17.8 Å². The lowest BCUT2D eigenvalue weighted by molar-refractivity contribution is -0.158. The second kappa shape index (κ2) is 15.1. The highest BCUT2D eigenvalue weighted by Crippen LogP contribution is 2.20. The molecule has 1 aromatic rings. The van der Waals surface area contributed by atoms with Crippen LogP contribution in [0.15, 0.2) is 18.2 Å². The van der Waals surface area contributed by atoms with Gasteiger partial charge in [0.25, 0.3) is 26.1 Å². The zero-order valence-electron chi connectivity index (χ0n) is 25.2. The topological polar surface area (TPSA) is 172 Å². The number of halogens is 1. The van der Waals surface area contributed by atoms with Crippen LogP contribution in [0.1, 0.15) is 64.7 Å². The molecule has 0 spiro atoms. The number of nitrogens with one attached hydrogen (secondary N) is 1. The Morgan fingerprint density at radius 2 is 1.38 bits per heavy atom. The Morgan fingerprint density at radius 1 is 0.881 bits per heavy atom. The molecule has 0 fully saturated rings. The molecule has 1 aromatic carbocycles. The molecule has 240 valence electrons. The van der Waals surface area contributed by atoms with Crippen molar-refractivity contribution in [2.24, 2.45) is 0 Å². The molecule has 1 rings (SSSR count). The van der Waals surface area contributed by atoms with Crippen LogP contribution in [-0.4, -0.2) is 90.7 Å². The predicted molar refractivity (Wildman–Crippen MR) is 152 cm³/mol. The molecular weight excluding hydrogens is 599 g/mol. The summed E-state index contributed by atoms with van der Waals surface area (Å²) in [4.78, 5) is 39.4. The number of nitrogens with zero attached hydrogens (tertiary/aromatic N) is 1. The largest absolute Gasteiger partial charge is 0.460 e. The van der Waals surface area contributed by atoms with E-state index < -0.39 is 66.7 Å². The standard InChI is InChI=1S/C26H41FN2O11S2/c1-25(2,3)39-22(30)12-11-21(24(32)40-26(4,5)6)28-23(31)19-10-9-18(17-20(19)27)29(13-15-37-41(7,33)34)14-16-38-42(8,35)36/h9-10,17,21H,11-16H2,1-8H3,(H,28,31). The first kappa shape index (κ1) is 37.2. The van der Waals surface area contributed by atoms with Crippen molar-refractivity contribution in [1.29, 1.82) is 0 Å². The molecular formula is C26H41FN2O11S2. The Morgan fingerprint density at radius 3 is 1.81 bits per heavy atom. The minimum Gasteiger partial charge on any atom is -0.460 e. The molecule has 0 aliphatic heterocycles. The first-order valence-electron chi connectivity index (χ1n) is 12.9. The van der Waals surface area contributed by atoms with Gasteiger partial charge in [-0.25, -0.2) is 9.18 Å². The summed E-state index contributed by atoms with van der Waals surface area (Å²) in [6.45, 7) is 9.12. The highest BCUT2D eigenvalue weighted by molar-refractivity contribution is 7.86. The molecule has 1 N–H and O–H groups in total. The summed E-state index contributed by atoms with van der Waals surface area (Å²) in [6, 6.07) is 2.18. The lowest BCUT2D eigenvalue weighted by Gasteiger charge is -2.26. The van der Waals surface area contributed by atoms with Gasteiger partial charge in [-0.1, -0.05) is 0 Å². The number of amides is 1. The highest BCUT2D eigenvalue weighted by atomic mass is 32.2. The molecule has 1 unspecified atom stereocenters. The molecule has 0 bridgehead atoms. The Balaban J connectivity index is 3.15. The molecule has 1 atom stereocenters. The quantitative estimate of drug-likeness (QED) is 0.219. The van der Waals surface area contributed by atoms with Crippen molar-refractivity contribution in [2.75, 3.05) is 43.7 Å². The van der Waals surface area contributed by atoms with Gasteiger partial charge in [0.05, 0.1) is 31.3 Å². The van der Waals surface area contributed by atoms with Gasteiger partial charge in [0.2, 0.25) is 0 Å².